The molecule has 3 aromatic rings. The molecule has 0 N–H and O–H groups in total. The molecule has 3 rings (SSSR count). The van der Waals surface area contributed by atoms with Gasteiger partial charge in [-0.25, -0.2) is 4.98 Å². The Bertz CT molecular complexity index is 712. The van der Waals surface area contributed by atoms with Crippen molar-refractivity contribution in [3.8, 4) is 0 Å². The van der Waals surface area contributed by atoms with Gasteiger partial charge in [0.25, 0.3) is 0 Å². The van der Waals surface area contributed by atoms with Crippen molar-refractivity contribution in [1.29, 1.82) is 0 Å². The maximum absolute atomic E-state index is 6.11. The van der Waals surface area contributed by atoms with E-state index in [0.29, 0.717) is 11.6 Å². The third kappa shape index (κ3) is 2.90. The van der Waals surface area contributed by atoms with Crippen LogP contribution in [-0.4, -0.2) is 22.3 Å². The second kappa shape index (κ2) is 5.72. The van der Waals surface area contributed by atoms with Crippen molar-refractivity contribution >= 4 is 56.3 Å². The molecule has 2 heterocycles. The minimum absolute atomic E-state index is 0.490. The fraction of sp³-hybridized carbons (Fsp3) is 0.182. The lowest BCUT2D eigenvalue weighted by Crippen LogP contribution is -1.84. The number of aromatic nitrogens is 3. The number of hydrogen-bond acceptors (Lipinski definition) is 7. The van der Waals surface area contributed by atoms with E-state index in [1.54, 1.807) is 18.4 Å². The zero-order valence-electron chi connectivity index (χ0n) is 9.79. The predicted molar refractivity (Wildman–Crippen MR) is 79.4 cm³/mol. The van der Waals surface area contributed by atoms with E-state index in [-0.39, 0.29) is 0 Å². The number of thiazole rings is 1. The maximum Gasteiger partial charge on any atom is 0.181 e. The van der Waals surface area contributed by atoms with Crippen LogP contribution in [0.2, 0.25) is 5.02 Å². The summed E-state index contributed by atoms with van der Waals surface area (Å²) < 4.78 is 7.89. The van der Waals surface area contributed by atoms with Gasteiger partial charge in [-0.15, -0.1) is 21.5 Å². The Kier molecular flexibility index (Phi) is 3.99. The lowest BCUT2D eigenvalue weighted by atomic mass is 10.3. The van der Waals surface area contributed by atoms with Gasteiger partial charge in [0.15, 0.2) is 8.68 Å². The number of nitrogens with zero attached hydrogens (tertiary/aromatic N) is 3. The highest BCUT2D eigenvalue weighted by Crippen LogP contribution is 2.37. The molecular formula is C11H8ClN3OS3. The first-order valence-electron chi connectivity index (χ1n) is 5.30. The van der Waals surface area contributed by atoms with Crippen molar-refractivity contribution in [3.63, 3.8) is 0 Å². The number of hydrogen-bond donors (Lipinski definition) is 0. The van der Waals surface area contributed by atoms with Gasteiger partial charge < -0.3 is 4.74 Å². The lowest BCUT2D eigenvalue weighted by molar-refractivity contribution is 0.184. The summed E-state index contributed by atoms with van der Waals surface area (Å²) in [6, 6.07) is 5.79. The largest absolute Gasteiger partial charge is 0.377 e. The van der Waals surface area contributed by atoms with Crippen molar-refractivity contribution in [1.82, 2.24) is 15.2 Å². The Balaban J connectivity index is 1.86. The van der Waals surface area contributed by atoms with Crippen LogP contribution in [0.3, 0.4) is 0 Å². The van der Waals surface area contributed by atoms with E-state index >= 15 is 0 Å². The highest BCUT2D eigenvalue weighted by molar-refractivity contribution is 8.02. The van der Waals surface area contributed by atoms with Gasteiger partial charge in [-0.1, -0.05) is 29.0 Å². The molecule has 0 aliphatic heterocycles. The van der Waals surface area contributed by atoms with Crippen LogP contribution in [-0.2, 0) is 11.3 Å². The zero-order chi connectivity index (χ0) is 13.2. The number of halogens is 1. The summed E-state index contributed by atoms with van der Waals surface area (Å²) in [5.41, 5.74) is 0.846. The average molecular weight is 330 g/mol. The third-order valence-electron chi connectivity index (χ3n) is 2.24. The normalized spacial score (nSPS) is 11.3. The van der Waals surface area contributed by atoms with Crippen molar-refractivity contribution in [2.45, 2.75) is 15.3 Å². The van der Waals surface area contributed by atoms with Crippen molar-refractivity contribution in [3.05, 3.63) is 28.2 Å². The first-order chi connectivity index (χ1) is 9.26. The molecule has 0 atom stereocenters. The van der Waals surface area contributed by atoms with Gasteiger partial charge in [-0.05, 0) is 23.9 Å². The van der Waals surface area contributed by atoms with Gasteiger partial charge in [0.1, 0.15) is 10.5 Å². The van der Waals surface area contributed by atoms with Crippen LogP contribution in [0.5, 0.6) is 0 Å². The van der Waals surface area contributed by atoms with Gasteiger partial charge in [0, 0.05) is 7.11 Å². The topological polar surface area (TPSA) is 47.9 Å². The van der Waals surface area contributed by atoms with Crippen molar-refractivity contribution in [2.24, 2.45) is 0 Å². The van der Waals surface area contributed by atoms with Crippen LogP contribution in [0, 0.1) is 0 Å². The van der Waals surface area contributed by atoms with Crippen molar-refractivity contribution in [2.75, 3.05) is 7.11 Å². The minimum Gasteiger partial charge on any atom is -0.377 e. The Morgan fingerprint density at radius 3 is 2.95 bits per heavy atom. The first kappa shape index (κ1) is 13.3. The first-order valence-corrected chi connectivity index (χ1v) is 8.13. The van der Waals surface area contributed by atoms with E-state index in [0.717, 1.165) is 23.9 Å². The monoisotopic (exact) mass is 329 g/mol. The molecule has 8 heteroatoms. The molecule has 0 radical (unpaired) electrons. The fourth-order valence-electron chi connectivity index (χ4n) is 1.47. The summed E-state index contributed by atoms with van der Waals surface area (Å²) in [4.78, 5) is 4.52. The third-order valence-corrected chi connectivity index (χ3v) is 5.57. The van der Waals surface area contributed by atoms with Crippen LogP contribution < -0.4 is 0 Å². The molecule has 0 unspecified atom stereocenters. The molecule has 0 bridgehead atoms. The smallest absolute Gasteiger partial charge is 0.181 e. The Morgan fingerprint density at radius 1 is 1.26 bits per heavy atom. The number of benzene rings is 1. The quantitative estimate of drug-likeness (QED) is 0.721. The molecule has 0 fully saturated rings. The summed E-state index contributed by atoms with van der Waals surface area (Å²) in [5.74, 6) is 0. The molecule has 0 aliphatic carbocycles. The van der Waals surface area contributed by atoms with E-state index in [2.05, 4.69) is 15.2 Å². The second-order valence-corrected chi connectivity index (χ2v) is 7.56. The number of ether oxygens (including phenoxy) is 1. The van der Waals surface area contributed by atoms with E-state index in [1.807, 2.05) is 18.2 Å². The molecule has 19 heavy (non-hydrogen) atoms. The molecule has 1 aromatic carbocycles. The van der Waals surface area contributed by atoms with E-state index in [9.17, 15) is 0 Å². The predicted octanol–water partition coefficient (Wildman–Crippen LogP) is 4.10. The van der Waals surface area contributed by atoms with Crippen molar-refractivity contribution < 1.29 is 4.74 Å². The zero-order valence-corrected chi connectivity index (χ0v) is 13.0. The van der Waals surface area contributed by atoms with Gasteiger partial charge in [0.2, 0.25) is 0 Å². The summed E-state index contributed by atoms with van der Waals surface area (Å²) in [7, 11) is 1.64. The molecule has 4 nitrogen and oxygen atoms in total. The van der Waals surface area contributed by atoms with E-state index in [1.165, 1.54) is 23.1 Å². The summed E-state index contributed by atoms with van der Waals surface area (Å²) in [6.07, 6.45) is 0. The Morgan fingerprint density at radius 2 is 2.16 bits per heavy atom. The van der Waals surface area contributed by atoms with E-state index in [4.69, 9.17) is 16.3 Å². The SMILES string of the molecule is COCc1nnc(Sc2nc3c(Cl)cccc3s2)s1. The number of fused-ring (bicyclic) bond motifs is 1. The van der Waals surface area contributed by atoms with Crippen LogP contribution in [0.1, 0.15) is 5.01 Å². The number of para-hydroxylation sites is 1. The van der Waals surface area contributed by atoms with Crippen LogP contribution >= 0.6 is 46.0 Å². The highest BCUT2D eigenvalue weighted by atomic mass is 35.5. The molecule has 0 saturated heterocycles. The van der Waals surface area contributed by atoms with Gasteiger partial charge in [-0.3, -0.25) is 0 Å². The summed E-state index contributed by atoms with van der Waals surface area (Å²) in [6.45, 7) is 0.490. The van der Waals surface area contributed by atoms with Crippen LogP contribution in [0.4, 0.5) is 0 Å². The molecule has 0 amide bonds. The molecule has 2 aromatic heterocycles. The Hall–Kier alpha value is -0.730. The van der Waals surface area contributed by atoms with Gasteiger partial charge in [-0.2, -0.15) is 0 Å². The van der Waals surface area contributed by atoms with E-state index < -0.39 is 0 Å². The second-order valence-electron chi connectivity index (χ2n) is 3.56. The molecule has 98 valence electrons. The number of methoxy groups -OCH3 is 1. The Labute approximate surface area is 126 Å². The average Bonchev–Trinajstić information content (AvgIpc) is 2.98. The number of rotatable bonds is 4. The standard InChI is InChI=1S/C11H8ClN3OS3/c1-16-5-8-14-15-11(18-8)19-10-13-9-6(12)3-2-4-7(9)17-10/h2-4H,5H2,1H3. The van der Waals surface area contributed by atoms with Crippen LogP contribution in [0.25, 0.3) is 10.2 Å². The molecular weight excluding hydrogens is 322 g/mol. The molecule has 0 aliphatic rings. The lowest BCUT2D eigenvalue weighted by Gasteiger charge is -1.89. The highest BCUT2D eigenvalue weighted by Gasteiger charge is 2.11. The molecule has 0 spiro atoms. The van der Waals surface area contributed by atoms with Gasteiger partial charge >= 0.3 is 0 Å². The molecule has 0 saturated carbocycles. The van der Waals surface area contributed by atoms with Crippen LogP contribution in [0.15, 0.2) is 26.9 Å². The maximum atomic E-state index is 6.11. The summed E-state index contributed by atoms with van der Waals surface area (Å²) >= 11 is 10.7. The minimum atomic E-state index is 0.490. The fourth-order valence-corrected chi connectivity index (χ4v) is 4.90. The van der Waals surface area contributed by atoms with Gasteiger partial charge in [0.05, 0.1) is 16.3 Å². The summed E-state index contributed by atoms with van der Waals surface area (Å²) in [5, 5.41) is 9.70.